The van der Waals surface area contributed by atoms with Crippen molar-refractivity contribution in [3.05, 3.63) is 46.9 Å². The van der Waals surface area contributed by atoms with E-state index < -0.39 is 0 Å². The zero-order valence-corrected chi connectivity index (χ0v) is 12.7. The molecule has 1 N–H and O–H groups in total. The maximum absolute atomic E-state index is 9.49. The quantitative estimate of drug-likeness (QED) is 0.779. The molecule has 5 nitrogen and oxygen atoms in total. The Hall–Kier alpha value is -2.34. The summed E-state index contributed by atoms with van der Waals surface area (Å²) in [6.07, 6.45) is 0. The van der Waals surface area contributed by atoms with Crippen molar-refractivity contribution in [3.8, 4) is 34.3 Å². The van der Waals surface area contributed by atoms with Gasteiger partial charge in [0.2, 0.25) is 5.82 Å². The Morgan fingerprint density at radius 1 is 1.14 bits per heavy atom. The summed E-state index contributed by atoms with van der Waals surface area (Å²) in [4.78, 5) is 4.34. The molecular weight excluding hydrogens is 336 g/mol. The Bertz CT molecular complexity index is 786. The summed E-state index contributed by atoms with van der Waals surface area (Å²) in [7, 11) is 1.60. The van der Waals surface area contributed by atoms with Crippen molar-refractivity contribution >= 4 is 15.9 Å². The first-order valence-corrected chi connectivity index (χ1v) is 6.93. The van der Waals surface area contributed by atoms with Gasteiger partial charge < -0.3 is 14.4 Å². The van der Waals surface area contributed by atoms with Crippen LogP contribution in [-0.2, 0) is 0 Å². The van der Waals surface area contributed by atoms with E-state index >= 15 is 0 Å². The topological polar surface area (TPSA) is 68.4 Å². The minimum absolute atomic E-state index is 0.158. The molecule has 0 bridgehead atoms. The van der Waals surface area contributed by atoms with Gasteiger partial charge in [0.05, 0.1) is 11.6 Å². The molecule has 0 radical (unpaired) electrons. The monoisotopic (exact) mass is 346 g/mol. The summed E-state index contributed by atoms with van der Waals surface area (Å²) < 4.78 is 11.3. The molecule has 2 aromatic carbocycles. The predicted molar refractivity (Wildman–Crippen MR) is 81.1 cm³/mol. The molecular formula is C15H11BrN2O3. The molecule has 106 valence electrons. The van der Waals surface area contributed by atoms with Crippen LogP contribution >= 0.6 is 15.9 Å². The number of rotatable bonds is 3. The van der Waals surface area contributed by atoms with Crippen LogP contribution in [-0.4, -0.2) is 22.4 Å². The number of benzene rings is 2. The number of phenolic OH excluding ortho intramolecular Hbond substituents is 1. The van der Waals surface area contributed by atoms with Gasteiger partial charge in [0.25, 0.3) is 5.89 Å². The average Bonchev–Trinajstić information content (AvgIpc) is 2.97. The third kappa shape index (κ3) is 2.75. The molecule has 0 spiro atoms. The van der Waals surface area contributed by atoms with Gasteiger partial charge in [-0.15, -0.1) is 0 Å². The number of aromatic hydroxyl groups is 1. The Kier molecular flexibility index (Phi) is 3.62. The van der Waals surface area contributed by atoms with E-state index in [1.54, 1.807) is 31.4 Å². The molecule has 0 saturated carbocycles. The third-order valence-corrected chi connectivity index (χ3v) is 3.55. The van der Waals surface area contributed by atoms with Gasteiger partial charge in [0.1, 0.15) is 11.5 Å². The van der Waals surface area contributed by atoms with Crippen LogP contribution in [0.3, 0.4) is 0 Å². The summed E-state index contributed by atoms with van der Waals surface area (Å²) in [5.41, 5.74) is 1.47. The highest BCUT2D eigenvalue weighted by Crippen LogP contribution is 2.31. The largest absolute Gasteiger partial charge is 0.508 e. The second-order valence-corrected chi connectivity index (χ2v) is 5.18. The fraction of sp³-hybridized carbons (Fsp3) is 0.0667. The average molecular weight is 347 g/mol. The minimum Gasteiger partial charge on any atom is -0.508 e. The number of halogens is 1. The van der Waals surface area contributed by atoms with E-state index in [2.05, 4.69) is 26.1 Å². The van der Waals surface area contributed by atoms with Gasteiger partial charge in [-0.05, 0) is 46.3 Å². The standard InChI is InChI=1S/C15H11BrN2O3/c1-20-13-6-5-10(8-12(13)16)15-17-14(18-21-15)9-3-2-4-11(19)7-9/h2-8,19H,1H3. The Balaban J connectivity index is 1.96. The van der Waals surface area contributed by atoms with Crippen molar-refractivity contribution in [2.75, 3.05) is 7.11 Å². The van der Waals surface area contributed by atoms with Crippen LogP contribution in [0.1, 0.15) is 0 Å². The van der Waals surface area contributed by atoms with Gasteiger partial charge in [-0.3, -0.25) is 0 Å². The van der Waals surface area contributed by atoms with Crippen molar-refractivity contribution < 1.29 is 14.4 Å². The molecule has 0 fully saturated rings. The fourth-order valence-electron chi connectivity index (χ4n) is 1.90. The molecule has 3 aromatic rings. The van der Waals surface area contributed by atoms with Crippen LogP contribution in [0, 0.1) is 0 Å². The van der Waals surface area contributed by atoms with Crippen LogP contribution in [0.2, 0.25) is 0 Å². The molecule has 0 amide bonds. The molecule has 0 aliphatic heterocycles. The summed E-state index contributed by atoms with van der Waals surface area (Å²) >= 11 is 3.42. The SMILES string of the molecule is COc1ccc(-c2nc(-c3cccc(O)c3)no2)cc1Br. The first-order chi connectivity index (χ1) is 10.2. The number of ether oxygens (including phenoxy) is 1. The third-order valence-electron chi connectivity index (χ3n) is 2.93. The van der Waals surface area contributed by atoms with E-state index in [0.29, 0.717) is 17.3 Å². The highest BCUT2D eigenvalue weighted by atomic mass is 79.9. The molecule has 21 heavy (non-hydrogen) atoms. The maximum Gasteiger partial charge on any atom is 0.258 e. The fourth-order valence-corrected chi connectivity index (χ4v) is 2.44. The highest BCUT2D eigenvalue weighted by Gasteiger charge is 2.12. The predicted octanol–water partition coefficient (Wildman–Crippen LogP) is 3.88. The van der Waals surface area contributed by atoms with E-state index in [1.807, 2.05) is 18.2 Å². The number of methoxy groups -OCH3 is 1. The second kappa shape index (κ2) is 5.57. The highest BCUT2D eigenvalue weighted by molar-refractivity contribution is 9.10. The van der Waals surface area contributed by atoms with Crippen molar-refractivity contribution in [1.29, 1.82) is 0 Å². The minimum atomic E-state index is 0.158. The number of nitrogens with zero attached hydrogens (tertiary/aromatic N) is 2. The lowest BCUT2D eigenvalue weighted by Crippen LogP contribution is -1.85. The lowest BCUT2D eigenvalue weighted by molar-refractivity contribution is 0.411. The first-order valence-electron chi connectivity index (χ1n) is 6.14. The van der Waals surface area contributed by atoms with Crippen LogP contribution in [0.15, 0.2) is 51.5 Å². The molecule has 3 rings (SSSR count). The number of hydrogen-bond donors (Lipinski definition) is 1. The summed E-state index contributed by atoms with van der Waals surface area (Å²) in [6.45, 7) is 0. The Morgan fingerprint density at radius 2 is 2.00 bits per heavy atom. The lowest BCUT2D eigenvalue weighted by atomic mass is 10.2. The van der Waals surface area contributed by atoms with E-state index in [-0.39, 0.29) is 5.75 Å². The van der Waals surface area contributed by atoms with Crippen LogP contribution in [0.4, 0.5) is 0 Å². The van der Waals surface area contributed by atoms with Gasteiger partial charge in [0.15, 0.2) is 0 Å². The van der Waals surface area contributed by atoms with Crippen molar-refractivity contribution in [2.24, 2.45) is 0 Å². The van der Waals surface area contributed by atoms with Crippen molar-refractivity contribution in [3.63, 3.8) is 0 Å². The molecule has 0 aliphatic carbocycles. The number of aromatic nitrogens is 2. The van der Waals surface area contributed by atoms with Gasteiger partial charge in [-0.1, -0.05) is 17.3 Å². The number of hydrogen-bond acceptors (Lipinski definition) is 5. The van der Waals surface area contributed by atoms with E-state index in [0.717, 1.165) is 15.8 Å². The van der Waals surface area contributed by atoms with Gasteiger partial charge in [0, 0.05) is 11.1 Å². The summed E-state index contributed by atoms with van der Waals surface area (Å²) in [6, 6.07) is 12.2. The molecule has 1 aromatic heterocycles. The first kappa shape index (κ1) is 13.6. The summed E-state index contributed by atoms with van der Waals surface area (Å²) in [5.74, 6) is 1.71. The van der Waals surface area contributed by atoms with E-state index in [1.165, 1.54) is 0 Å². The normalized spacial score (nSPS) is 10.6. The van der Waals surface area contributed by atoms with E-state index in [9.17, 15) is 5.11 Å². The maximum atomic E-state index is 9.49. The smallest absolute Gasteiger partial charge is 0.258 e. The van der Waals surface area contributed by atoms with Crippen LogP contribution in [0.5, 0.6) is 11.5 Å². The van der Waals surface area contributed by atoms with Gasteiger partial charge >= 0.3 is 0 Å². The molecule has 1 heterocycles. The zero-order valence-electron chi connectivity index (χ0n) is 11.1. The van der Waals surface area contributed by atoms with Crippen molar-refractivity contribution in [2.45, 2.75) is 0 Å². The summed E-state index contributed by atoms with van der Waals surface area (Å²) in [5, 5.41) is 13.4. The van der Waals surface area contributed by atoms with Gasteiger partial charge in [-0.25, -0.2) is 0 Å². The zero-order chi connectivity index (χ0) is 14.8. The molecule has 0 unspecified atom stereocenters. The molecule has 6 heteroatoms. The van der Waals surface area contributed by atoms with Crippen LogP contribution in [0.25, 0.3) is 22.8 Å². The van der Waals surface area contributed by atoms with E-state index in [4.69, 9.17) is 9.26 Å². The molecule has 0 atom stereocenters. The Morgan fingerprint density at radius 3 is 2.71 bits per heavy atom. The Labute approximate surface area is 129 Å². The number of phenols is 1. The van der Waals surface area contributed by atoms with Crippen LogP contribution < -0.4 is 4.74 Å². The molecule has 0 aliphatic rings. The van der Waals surface area contributed by atoms with Gasteiger partial charge in [-0.2, -0.15) is 4.98 Å². The van der Waals surface area contributed by atoms with Crippen molar-refractivity contribution in [1.82, 2.24) is 10.1 Å². The molecule has 0 saturated heterocycles. The second-order valence-electron chi connectivity index (χ2n) is 4.32. The lowest BCUT2D eigenvalue weighted by Gasteiger charge is -2.03.